The summed E-state index contributed by atoms with van der Waals surface area (Å²) < 4.78 is 5.50. The van der Waals surface area contributed by atoms with Crippen molar-refractivity contribution in [3.63, 3.8) is 0 Å². The Kier molecular flexibility index (Phi) is 5.99. The molecule has 0 spiro atoms. The summed E-state index contributed by atoms with van der Waals surface area (Å²) in [5.74, 6) is 0.853. The molecule has 1 aliphatic heterocycles. The Bertz CT molecular complexity index is 498. The van der Waals surface area contributed by atoms with Crippen LogP contribution in [0, 0.1) is 11.8 Å². The highest BCUT2D eigenvalue weighted by atomic mass is 35.5. The fourth-order valence-electron chi connectivity index (χ4n) is 2.03. The minimum absolute atomic E-state index is 0.00829. The van der Waals surface area contributed by atoms with Gasteiger partial charge in [0.05, 0.1) is 16.6 Å². The van der Waals surface area contributed by atoms with E-state index < -0.39 is 0 Å². The second-order valence-corrected chi connectivity index (χ2v) is 6.30. The Labute approximate surface area is 139 Å². The van der Waals surface area contributed by atoms with Gasteiger partial charge in [0.1, 0.15) is 6.61 Å². The molecular weight excluding hydrogens is 335 g/mol. The number of rotatable bonds is 6. The molecule has 0 bridgehead atoms. The van der Waals surface area contributed by atoms with Gasteiger partial charge in [0.25, 0.3) is 0 Å². The number of amides is 1. The molecule has 1 amide bonds. The molecule has 2 N–H and O–H groups in total. The zero-order chi connectivity index (χ0) is 15.4. The van der Waals surface area contributed by atoms with Gasteiger partial charge < -0.3 is 15.4 Å². The van der Waals surface area contributed by atoms with Crippen LogP contribution in [0.15, 0.2) is 12.1 Å². The molecule has 1 aliphatic rings. The Hall–Kier alpha value is -0.680. The van der Waals surface area contributed by atoms with Crippen molar-refractivity contribution in [2.45, 2.75) is 6.92 Å². The maximum absolute atomic E-state index is 11.9. The van der Waals surface area contributed by atoms with Crippen molar-refractivity contribution in [2.75, 3.05) is 26.2 Å². The number of halogens is 3. The van der Waals surface area contributed by atoms with Gasteiger partial charge in [-0.05, 0) is 31.1 Å². The topological polar surface area (TPSA) is 50.4 Å². The van der Waals surface area contributed by atoms with Crippen LogP contribution in [0.3, 0.4) is 0 Å². The van der Waals surface area contributed by atoms with E-state index in [-0.39, 0.29) is 11.8 Å². The van der Waals surface area contributed by atoms with Gasteiger partial charge in [-0.2, -0.15) is 0 Å². The first-order chi connectivity index (χ1) is 9.99. The van der Waals surface area contributed by atoms with Crippen LogP contribution in [-0.2, 0) is 4.79 Å². The Morgan fingerprint density at radius 1 is 1.38 bits per heavy atom. The van der Waals surface area contributed by atoms with Crippen LogP contribution < -0.4 is 15.4 Å². The molecule has 1 heterocycles. The molecular formula is C14H17Cl3N2O2. The number of hydrogen-bond donors (Lipinski definition) is 2. The summed E-state index contributed by atoms with van der Waals surface area (Å²) in [5, 5.41) is 7.17. The quantitative estimate of drug-likeness (QED) is 0.775. The van der Waals surface area contributed by atoms with Crippen LogP contribution in [-0.4, -0.2) is 32.1 Å². The first-order valence-corrected chi connectivity index (χ1v) is 7.88. The van der Waals surface area contributed by atoms with Gasteiger partial charge in [0, 0.05) is 10.9 Å². The number of benzene rings is 1. The van der Waals surface area contributed by atoms with Crippen LogP contribution in [0.1, 0.15) is 6.92 Å². The molecule has 4 nitrogen and oxygen atoms in total. The summed E-state index contributed by atoms with van der Waals surface area (Å²) in [5.41, 5.74) is 0. The van der Waals surface area contributed by atoms with Crippen molar-refractivity contribution < 1.29 is 9.53 Å². The molecule has 1 atom stereocenters. The van der Waals surface area contributed by atoms with E-state index in [1.165, 1.54) is 0 Å². The van der Waals surface area contributed by atoms with E-state index in [1.54, 1.807) is 12.1 Å². The number of hydrogen-bond acceptors (Lipinski definition) is 3. The van der Waals surface area contributed by atoms with Crippen molar-refractivity contribution >= 4 is 40.7 Å². The molecule has 0 saturated carbocycles. The Morgan fingerprint density at radius 3 is 2.52 bits per heavy atom. The van der Waals surface area contributed by atoms with Gasteiger partial charge in [0.15, 0.2) is 5.75 Å². The van der Waals surface area contributed by atoms with E-state index in [9.17, 15) is 4.79 Å². The summed E-state index contributed by atoms with van der Waals surface area (Å²) in [6.07, 6.45) is 0. The number of ether oxygens (including phenoxy) is 1. The third-order valence-electron chi connectivity index (χ3n) is 3.54. The third-order valence-corrected chi connectivity index (χ3v) is 4.32. The van der Waals surface area contributed by atoms with Gasteiger partial charge in [-0.25, -0.2) is 0 Å². The largest absolute Gasteiger partial charge is 0.489 e. The molecule has 116 valence electrons. The lowest BCUT2D eigenvalue weighted by molar-refractivity contribution is -0.126. The van der Waals surface area contributed by atoms with Crippen molar-refractivity contribution in [3.05, 3.63) is 27.2 Å². The predicted molar refractivity (Wildman–Crippen MR) is 85.5 cm³/mol. The van der Waals surface area contributed by atoms with E-state index in [0.29, 0.717) is 39.9 Å². The molecule has 21 heavy (non-hydrogen) atoms. The van der Waals surface area contributed by atoms with Crippen LogP contribution in [0.2, 0.25) is 15.1 Å². The highest BCUT2D eigenvalue weighted by molar-refractivity contribution is 6.40. The van der Waals surface area contributed by atoms with Crippen LogP contribution in [0.25, 0.3) is 0 Å². The van der Waals surface area contributed by atoms with Crippen molar-refractivity contribution in [1.82, 2.24) is 10.6 Å². The molecule has 0 aromatic heterocycles. The number of carbonyl (C=O) groups is 1. The summed E-state index contributed by atoms with van der Waals surface area (Å²) in [6, 6.07) is 3.13. The van der Waals surface area contributed by atoms with Crippen molar-refractivity contribution in [2.24, 2.45) is 11.8 Å². The fraction of sp³-hybridized carbons (Fsp3) is 0.500. The molecule has 2 rings (SSSR count). The molecule has 1 saturated heterocycles. The maximum Gasteiger partial charge on any atom is 0.223 e. The summed E-state index contributed by atoms with van der Waals surface area (Å²) in [6.45, 7) is 4.44. The molecule has 0 radical (unpaired) electrons. The molecule has 7 heteroatoms. The lowest BCUT2D eigenvalue weighted by Crippen LogP contribution is -2.49. The lowest BCUT2D eigenvalue weighted by atomic mass is 9.88. The van der Waals surface area contributed by atoms with Gasteiger partial charge in [0.2, 0.25) is 5.91 Å². The predicted octanol–water partition coefficient (Wildman–Crippen LogP) is 3.00. The highest BCUT2D eigenvalue weighted by Crippen LogP contribution is 2.35. The Balaban J connectivity index is 1.76. The third kappa shape index (κ3) is 4.39. The molecule has 1 unspecified atom stereocenters. The van der Waals surface area contributed by atoms with Crippen LogP contribution in [0.4, 0.5) is 0 Å². The second-order valence-electron chi connectivity index (χ2n) is 5.05. The van der Waals surface area contributed by atoms with Crippen molar-refractivity contribution in [3.8, 4) is 5.75 Å². The SMILES string of the molecule is CC(C(=O)NCCOc1c(Cl)cc(Cl)cc1Cl)C1CNC1. The Morgan fingerprint density at radius 2 is 2.00 bits per heavy atom. The molecule has 1 aromatic rings. The minimum Gasteiger partial charge on any atom is -0.489 e. The maximum atomic E-state index is 11.9. The molecule has 1 aromatic carbocycles. The standard InChI is InChI=1S/C14H17Cl3N2O2/c1-8(9-6-18-7-9)14(20)19-2-3-21-13-11(16)4-10(15)5-12(13)17/h4-5,8-9,18H,2-3,6-7H2,1H3,(H,19,20). The van der Waals surface area contributed by atoms with Gasteiger partial charge >= 0.3 is 0 Å². The van der Waals surface area contributed by atoms with Crippen molar-refractivity contribution in [1.29, 1.82) is 0 Å². The second kappa shape index (κ2) is 7.54. The van der Waals surface area contributed by atoms with Gasteiger partial charge in [-0.1, -0.05) is 41.7 Å². The van der Waals surface area contributed by atoms with E-state index in [2.05, 4.69) is 10.6 Å². The molecule has 1 fully saturated rings. The first kappa shape index (κ1) is 16.7. The van der Waals surface area contributed by atoms with Crippen LogP contribution >= 0.6 is 34.8 Å². The summed E-state index contributed by atoms with van der Waals surface area (Å²) in [7, 11) is 0. The summed E-state index contributed by atoms with van der Waals surface area (Å²) in [4.78, 5) is 11.9. The zero-order valence-electron chi connectivity index (χ0n) is 11.6. The van der Waals surface area contributed by atoms with Crippen LogP contribution in [0.5, 0.6) is 5.75 Å². The fourth-order valence-corrected chi connectivity index (χ4v) is 2.96. The van der Waals surface area contributed by atoms with E-state index in [1.807, 2.05) is 6.92 Å². The number of carbonyl (C=O) groups excluding carboxylic acids is 1. The van der Waals surface area contributed by atoms with E-state index >= 15 is 0 Å². The minimum atomic E-state index is 0.00829. The molecule has 0 aliphatic carbocycles. The van der Waals surface area contributed by atoms with Gasteiger partial charge in [-0.15, -0.1) is 0 Å². The lowest BCUT2D eigenvalue weighted by Gasteiger charge is -2.31. The monoisotopic (exact) mass is 350 g/mol. The van der Waals surface area contributed by atoms with E-state index in [0.717, 1.165) is 13.1 Å². The first-order valence-electron chi connectivity index (χ1n) is 6.75. The average molecular weight is 352 g/mol. The average Bonchev–Trinajstić information content (AvgIpc) is 2.34. The normalized spacial score (nSPS) is 16.2. The number of nitrogens with one attached hydrogen (secondary N) is 2. The van der Waals surface area contributed by atoms with Gasteiger partial charge in [-0.3, -0.25) is 4.79 Å². The smallest absolute Gasteiger partial charge is 0.223 e. The van der Waals surface area contributed by atoms with E-state index in [4.69, 9.17) is 39.5 Å². The zero-order valence-corrected chi connectivity index (χ0v) is 13.9. The summed E-state index contributed by atoms with van der Waals surface area (Å²) >= 11 is 17.8. The highest BCUT2D eigenvalue weighted by Gasteiger charge is 2.28.